The minimum absolute atomic E-state index is 0.121. The molecule has 0 saturated carbocycles. The lowest BCUT2D eigenvalue weighted by molar-refractivity contribution is 0.321. The van der Waals surface area contributed by atoms with E-state index in [0.29, 0.717) is 16.4 Å². The number of rotatable bonds is 4. The number of nitrogens with two attached hydrogens (primary N) is 1. The van der Waals surface area contributed by atoms with Crippen molar-refractivity contribution in [1.82, 2.24) is 0 Å². The van der Waals surface area contributed by atoms with Gasteiger partial charge in [0.1, 0.15) is 5.82 Å². The van der Waals surface area contributed by atoms with Crippen molar-refractivity contribution < 1.29 is 13.5 Å². The molecule has 0 fully saturated rings. The Morgan fingerprint density at radius 1 is 1.11 bits per heavy atom. The van der Waals surface area contributed by atoms with Crippen LogP contribution in [-0.2, 0) is 0 Å². The van der Waals surface area contributed by atoms with E-state index in [-0.39, 0.29) is 17.3 Å². The number of hydrogen-bond donors (Lipinski definition) is 1. The summed E-state index contributed by atoms with van der Waals surface area (Å²) in [4.78, 5) is 0.998. The maximum absolute atomic E-state index is 13.6. The Hall–Kier alpha value is -1.75. The van der Waals surface area contributed by atoms with Crippen LogP contribution in [0.15, 0.2) is 46.2 Å². The van der Waals surface area contributed by atoms with Crippen LogP contribution in [0.5, 0.6) is 5.75 Å². The van der Waals surface area contributed by atoms with E-state index in [2.05, 4.69) is 0 Å². The Labute approximate surface area is 114 Å². The van der Waals surface area contributed by atoms with Crippen molar-refractivity contribution in [1.29, 1.82) is 0 Å². The minimum Gasteiger partial charge on any atom is -0.491 e. The van der Waals surface area contributed by atoms with Crippen molar-refractivity contribution in [2.24, 2.45) is 0 Å². The molecule has 0 amide bonds. The molecule has 100 valence electrons. The molecule has 0 aliphatic rings. The highest BCUT2D eigenvalue weighted by atomic mass is 32.2. The average molecular weight is 281 g/mol. The monoisotopic (exact) mass is 281 g/mol. The quantitative estimate of drug-likeness (QED) is 0.857. The lowest BCUT2D eigenvalue weighted by Crippen LogP contribution is -1.98. The third-order valence-corrected chi connectivity index (χ3v) is 3.55. The molecular weight excluding hydrogens is 268 g/mol. The van der Waals surface area contributed by atoms with Crippen LogP contribution in [-0.4, -0.2) is 6.61 Å². The summed E-state index contributed by atoms with van der Waals surface area (Å²) in [6, 6.07) is 9.03. The predicted octanol–water partition coefficient (Wildman–Crippen LogP) is 4.10. The van der Waals surface area contributed by atoms with Crippen molar-refractivity contribution in [2.45, 2.75) is 16.7 Å². The molecule has 0 aliphatic heterocycles. The topological polar surface area (TPSA) is 35.2 Å². The fourth-order valence-corrected chi connectivity index (χ4v) is 2.44. The summed E-state index contributed by atoms with van der Waals surface area (Å²) in [5, 5.41) is 0. The van der Waals surface area contributed by atoms with Gasteiger partial charge < -0.3 is 10.5 Å². The zero-order chi connectivity index (χ0) is 13.8. The Morgan fingerprint density at radius 3 is 2.53 bits per heavy atom. The number of ether oxygens (including phenoxy) is 1. The summed E-state index contributed by atoms with van der Waals surface area (Å²) in [6.45, 7) is 2.12. The molecule has 19 heavy (non-hydrogen) atoms. The maximum Gasteiger partial charge on any atom is 0.167 e. The van der Waals surface area contributed by atoms with Gasteiger partial charge in [0.2, 0.25) is 0 Å². The Morgan fingerprint density at radius 2 is 1.84 bits per heavy atom. The first-order valence-corrected chi connectivity index (χ1v) is 6.57. The van der Waals surface area contributed by atoms with Crippen LogP contribution in [0, 0.1) is 11.6 Å². The SMILES string of the molecule is CCOc1cc(Sc2ccccc2F)c(N)cc1F. The van der Waals surface area contributed by atoms with Crippen LogP contribution in [0.3, 0.4) is 0 Å². The highest BCUT2D eigenvalue weighted by molar-refractivity contribution is 7.99. The van der Waals surface area contributed by atoms with Gasteiger partial charge in [-0.1, -0.05) is 23.9 Å². The van der Waals surface area contributed by atoms with Gasteiger partial charge >= 0.3 is 0 Å². The van der Waals surface area contributed by atoms with E-state index in [1.807, 2.05) is 0 Å². The second-order valence-electron chi connectivity index (χ2n) is 3.79. The second-order valence-corrected chi connectivity index (χ2v) is 4.87. The first kappa shape index (κ1) is 13.7. The van der Waals surface area contributed by atoms with Gasteiger partial charge in [0, 0.05) is 21.5 Å². The van der Waals surface area contributed by atoms with Crippen LogP contribution < -0.4 is 10.5 Å². The van der Waals surface area contributed by atoms with Crippen LogP contribution in [0.4, 0.5) is 14.5 Å². The number of anilines is 1. The van der Waals surface area contributed by atoms with E-state index >= 15 is 0 Å². The summed E-state index contributed by atoms with van der Waals surface area (Å²) >= 11 is 1.14. The van der Waals surface area contributed by atoms with Crippen LogP contribution in [0.25, 0.3) is 0 Å². The Kier molecular flexibility index (Phi) is 4.27. The minimum atomic E-state index is -0.516. The zero-order valence-electron chi connectivity index (χ0n) is 10.3. The molecule has 5 heteroatoms. The molecule has 2 aromatic rings. The number of hydrogen-bond acceptors (Lipinski definition) is 3. The van der Waals surface area contributed by atoms with Crippen LogP contribution in [0.1, 0.15) is 6.92 Å². The van der Waals surface area contributed by atoms with Gasteiger partial charge in [-0.2, -0.15) is 0 Å². The van der Waals surface area contributed by atoms with Crippen molar-refractivity contribution >= 4 is 17.4 Å². The zero-order valence-corrected chi connectivity index (χ0v) is 11.1. The fourth-order valence-electron chi connectivity index (χ4n) is 1.55. The second kappa shape index (κ2) is 5.93. The molecule has 0 radical (unpaired) electrons. The highest BCUT2D eigenvalue weighted by Crippen LogP contribution is 2.37. The molecule has 2 aromatic carbocycles. The lowest BCUT2D eigenvalue weighted by atomic mass is 10.3. The molecule has 0 bridgehead atoms. The summed E-state index contributed by atoms with van der Waals surface area (Å²) in [6.07, 6.45) is 0. The Balaban J connectivity index is 2.34. The maximum atomic E-state index is 13.6. The van der Waals surface area contributed by atoms with Gasteiger partial charge in [0.05, 0.1) is 6.61 Å². The van der Waals surface area contributed by atoms with Crippen molar-refractivity contribution in [2.75, 3.05) is 12.3 Å². The third-order valence-electron chi connectivity index (χ3n) is 2.42. The highest BCUT2D eigenvalue weighted by Gasteiger charge is 2.11. The standard InChI is InChI=1S/C14H13F2NOS/c1-2-18-12-8-14(11(17)7-10(12)16)19-13-6-4-3-5-9(13)15/h3-8H,2,17H2,1H3. The molecule has 0 aliphatic carbocycles. The lowest BCUT2D eigenvalue weighted by Gasteiger charge is -2.10. The van der Waals surface area contributed by atoms with E-state index in [4.69, 9.17) is 10.5 Å². The molecule has 0 saturated heterocycles. The van der Waals surface area contributed by atoms with Gasteiger partial charge in [-0.05, 0) is 25.1 Å². The van der Waals surface area contributed by atoms with Crippen LogP contribution >= 0.6 is 11.8 Å². The molecule has 0 heterocycles. The van der Waals surface area contributed by atoms with E-state index in [0.717, 1.165) is 11.8 Å². The van der Waals surface area contributed by atoms with Crippen LogP contribution in [0.2, 0.25) is 0 Å². The normalized spacial score (nSPS) is 10.5. The number of benzene rings is 2. The first-order chi connectivity index (χ1) is 9.11. The van der Waals surface area contributed by atoms with Gasteiger partial charge in [-0.3, -0.25) is 0 Å². The van der Waals surface area contributed by atoms with E-state index in [1.165, 1.54) is 18.2 Å². The molecule has 0 aromatic heterocycles. The third kappa shape index (κ3) is 3.17. The van der Waals surface area contributed by atoms with E-state index in [1.54, 1.807) is 25.1 Å². The first-order valence-electron chi connectivity index (χ1n) is 5.76. The van der Waals surface area contributed by atoms with Crippen molar-refractivity contribution in [3.05, 3.63) is 48.0 Å². The Bertz CT molecular complexity index is 590. The van der Waals surface area contributed by atoms with Gasteiger partial charge in [-0.25, -0.2) is 8.78 Å². The molecule has 0 atom stereocenters. The largest absolute Gasteiger partial charge is 0.491 e. The molecule has 2 rings (SSSR count). The fraction of sp³-hybridized carbons (Fsp3) is 0.143. The van der Waals surface area contributed by atoms with E-state index < -0.39 is 5.82 Å². The van der Waals surface area contributed by atoms with Crippen molar-refractivity contribution in [3.8, 4) is 5.75 Å². The summed E-state index contributed by atoms with van der Waals surface area (Å²) < 4.78 is 32.3. The molecular formula is C14H13F2NOS. The molecule has 2 nitrogen and oxygen atoms in total. The summed E-state index contributed by atoms with van der Waals surface area (Å²) in [5.41, 5.74) is 6.00. The van der Waals surface area contributed by atoms with Gasteiger partial charge in [0.25, 0.3) is 0 Å². The van der Waals surface area contributed by atoms with Gasteiger partial charge in [0.15, 0.2) is 11.6 Å². The molecule has 0 unspecified atom stereocenters. The van der Waals surface area contributed by atoms with Crippen molar-refractivity contribution in [3.63, 3.8) is 0 Å². The molecule has 0 spiro atoms. The smallest absolute Gasteiger partial charge is 0.167 e. The van der Waals surface area contributed by atoms with Gasteiger partial charge in [-0.15, -0.1) is 0 Å². The number of nitrogen functional groups attached to an aromatic ring is 1. The van der Waals surface area contributed by atoms with E-state index in [9.17, 15) is 8.78 Å². The number of halogens is 2. The molecule has 2 N–H and O–H groups in total. The predicted molar refractivity (Wildman–Crippen MR) is 72.5 cm³/mol. The summed E-state index contributed by atoms with van der Waals surface area (Å²) in [7, 11) is 0. The summed E-state index contributed by atoms with van der Waals surface area (Å²) in [5.74, 6) is -0.734. The average Bonchev–Trinajstić information content (AvgIpc) is 2.38.